The van der Waals surface area contributed by atoms with Crippen molar-refractivity contribution in [2.24, 2.45) is 5.92 Å². The maximum Gasteiger partial charge on any atom is 0.130 e. The minimum Gasteiger partial charge on any atom is -0.303 e. The van der Waals surface area contributed by atoms with Crippen LogP contribution < -0.4 is 0 Å². The summed E-state index contributed by atoms with van der Waals surface area (Å²) in [6.45, 7) is 4.72. The molecule has 0 radical (unpaired) electrons. The van der Waals surface area contributed by atoms with Crippen LogP contribution in [0.25, 0.3) is 11.1 Å². The summed E-state index contributed by atoms with van der Waals surface area (Å²) >= 11 is 0. The topological polar surface area (TPSA) is 3.24 Å². The molecule has 176 valence electrons. The van der Waals surface area contributed by atoms with Gasteiger partial charge < -0.3 is 4.90 Å². The van der Waals surface area contributed by atoms with Crippen LogP contribution in [-0.4, -0.2) is 31.2 Å². The second-order valence-corrected chi connectivity index (χ2v) is 9.92. The van der Waals surface area contributed by atoms with E-state index in [0.29, 0.717) is 12.3 Å². The van der Waals surface area contributed by atoms with E-state index < -0.39 is 0 Å². The normalized spacial score (nSPS) is 16.8. The highest BCUT2D eigenvalue weighted by atomic mass is 19.1. The molecule has 1 saturated heterocycles. The minimum atomic E-state index is -0.226. The molecule has 1 nitrogen and oxygen atoms in total. The van der Waals surface area contributed by atoms with Gasteiger partial charge in [-0.3, -0.25) is 4.39 Å². The Morgan fingerprint density at radius 3 is 2.47 bits per heavy atom. The first-order valence-electron chi connectivity index (χ1n) is 12.6. The number of fused-ring (bicyclic) bond motifs is 1. The first kappa shape index (κ1) is 23.0. The van der Waals surface area contributed by atoms with Crippen LogP contribution in [0.2, 0.25) is 0 Å². The van der Waals surface area contributed by atoms with E-state index in [1.807, 2.05) is 19.1 Å². The molecule has 0 atom stereocenters. The quantitative estimate of drug-likeness (QED) is 0.361. The molecule has 0 bridgehead atoms. The van der Waals surface area contributed by atoms with E-state index in [1.54, 1.807) is 6.07 Å². The molecule has 34 heavy (non-hydrogen) atoms. The van der Waals surface area contributed by atoms with Gasteiger partial charge in [-0.25, -0.2) is 4.39 Å². The van der Waals surface area contributed by atoms with Gasteiger partial charge in [-0.05, 0) is 90.0 Å². The van der Waals surface area contributed by atoms with E-state index in [1.165, 1.54) is 22.3 Å². The van der Waals surface area contributed by atoms with E-state index in [4.69, 9.17) is 0 Å². The Morgan fingerprint density at radius 1 is 0.912 bits per heavy atom. The van der Waals surface area contributed by atoms with Crippen LogP contribution in [0.15, 0.2) is 66.7 Å². The Balaban J connectivity index is 1.47. The van der Waals surface area contributed by atoms with Crippen LogP contribution in [0.3, 0.4) is 0 Å². The third-order valence-corrected chi connectivity index (χ3v) is 7.32. The highest BCUT2D eigenvalue weighted by molar-refractivity contribution is 6.00. The molecule has 0 amide bonds. The van der Waals surface area contributed by atoms with Crippen LogP contribution in [0.1, 0.15) is 52.6 Å². The third kappa shape index (κ3) is 4.86. The van der Waals surface area contributed by atoms with Gasteiger partial charge in [0.15, 0.2) is 0 Å². The second kappa shape index (κ2) is 10.2. The maximum atomic E-state index is 15.1. The summed E-state index contributed by atoms with van der Waals surface area (Å²) in [7, 11) is 0. The number of hydrogen-bond acceptors (Lipinski definition) is 1. The lowest BCUT2D eigenvalue weighted by Gasteiger charge is -2.39. The van der Waals surface area contributed by atoms with Crippen molar-refractivity contribution in [3.8, 4) is 0 Å². The van der Waals surface area contributed by atoms with Gasteiger partial charge in [0, 0.05) is 25.2 Å². The molecule has 3 aromatic carbocycles. The highest BCUT2D eigenvalue weighted by Crippen LogP contribution is 2.40. The van der Waals surface area contributed by atoms with Crippen molar-refractivity contribution in [2.75, 3.05) is 26.3 Å². The van der Waals surface area contributed by atoms with Gasteiger partial charge in [-0.2, -0.15) is 0 Å². The Kier molecular flexibility index (Phi) is 6.92. The Bertz CT molecular complexity index is 1170. The van der Waals surface area contributed by atoms with Crippen LogP contribution in [0, 0.1) is 18.7 Å². The number of alkyl halides is 1. The summed E-state index contributed by atoms with van der Waals surface area (Å²) < 4.78 is 27.5. The summed E-state index contributed by atoms with van der Waals surface area (Å²) in [6, 6.07) is 23.1. The van der Waals surface area contributed by atoms with Crippen molar-refractivity contribution >= 4 is 11.1 Å². The van der Waals surface area contributed by atoms with Crippen molar-refractivity contribution in [3.63, 3.8) is 0 Å². The number of benzene rings is 3. The van der Waals surface area contributed by atoms with E-state index in [2.05, 4.69) is 53.4 Å². The zero-order valence-corrected chi connectivity index (χ0v) is 20.0. The molecule has 3 heteroatoms. The lowest BCUT2D eigenvalue weighted by molar-refractivity contribution is 0.0968. The largest absolute Gasteiger partial charge is 0.303 e. The van der Waals surface area contributed by atoms with Crippen LogP contribution in [-0.2, 0) is 12.8 Å². The molecule has 1 heterocycles. The average molecular weight is 458 g/mol. The van der Waals surface area contributed by atoms with Gasteiger partial charge in [0.05, 0.1) is 6.67 Å². The Hall–Kier alpha value is -2.78. The molecule has 0 saturated carbocycles. The number of halogens is 2. The fraction of sp³-hybridized carbons (Fsp3) is 0.355. The average Bonchev–Trinajstić information content (AvgIpc) is 3.00. The standard InChI is InChI=1S/C31H33F2N/c1-22-10-15-28(30(33)18-22)29-9-4-7-25-6-2-3-8-27(25)31(29)26-13-11-23(12-14-26)19-24-20-34(21-24)17-5-16-32/h2-3,6,8,10-15,18,24H,4-5,7,9,16-17,19-21H2,1H3. The number of nitrogens with zero attached hydrogens (tertiary/aromatic N) is 1. The van der Waals surface area contributed by atoms with Crippen LogP contribution in [0.4, 0.5) is 8.78 Å². The summed E-state index contributed by atoms with van der Waals surface area (Å²) in [5.74, 6) is 0.520. The van der Waals surface area contributed by atoms with Gasteiger partial charge in [-0.1, -0.05) is 60.7 Å². The first-order chi connectivity index (χ1) is 16.6. The molecule has 0 spiro atoms. The molecular weight excluding hydrogens is 424 g/mol. The molecule has 5 rings (SSSR count). The van der Waals surface area contributed by atoms with E-state index in [-0.39, 0.29) is 12.5 Å². The van der Waals surface area contributed by atoms with Gasteiger partial charge >= 0.3 is 0 Å². The van der Waals surface area contributed by atoms with Crippen molar-refractivity contribution in [3.05, 3.63) is 106 Å². The van der Waals surface area contributed by atoms with E-state index >= 15 is 4.39 Å². The Labute approximate surface area is 202 Å². The molecule has 1 aliphatic heterocycles. The lowest BCUT2D eigenvalue weighted by atomic mass is 9.86. The molecule has 0 unspecified atom stereocenters. The number of rotatable bonds is 7. The molecule has 2 aliphatic rings. The van der Waals surface area contributed by atoms with Gasteiger partial charge in [0.2, 0.25) is 0 Å². The third-order valence-electron chi connectivity index (χ3n) is 7.32. The minimum absolute atomic E-state index is 0.134. The predicted molar refractivity (Wildman–Crippen MR) is 137 cm³/mol. The number of aryl methyl sites for hydroxylation is 2. The fourth-order valence-electron chi connectivity index (χ4n) is 5.60. The second-order valence-electron chi connectivity index (χ2n) is 9.92. The first-order valence-corrected chi connectivity index (χ1v) is 12.6. The number of hydrogen-bond donors (Lipinski definition) is 0. The zero-order valence-electron chi connectivity index (χ0n) is 20.0. The molecular formula is C31H33F2N. The highest BCUT2D eigenvalue weighted by Gasteiger charge is 2.26. The number of likely N-dealkylation sites (tertiary alicyclic amines) is 1. The SMILES string of the molecule is Cc1ccc(C2=C(c3ccc(CC4CN(CCCF)C4)cc3)c3ccccc3CCC2)c(F)c1. The molecule has 0 N–H and O–H groups in total. The lowest BCUT2D eigenvalue weighted by Crippen LogP contribution is -2.47. The van der Waals surface area contributed by atoms with Crippen molar-refractivity contribution in [1.82, 2.24) is 4.90 Å². The fourth-order valence-corrected chi connectivity index (χ4v) is 5.60. The summed E-state index contributed by atoms with van der Waals surface area (Å²) in [4.78, 5) is 2.34. The maximum absolute atomic E-state index is 15.1. The van der Waals surface area contributed by atoms with Crippen LogP contribution in [0.5, 0.6) is 0 Å². The molecule has 0 aromatic heterocycles. The van der Waals surface area contributed by atoms with Gasteiger partial charge in [0.1, 0.15) is 5.82 Å². The smallest absolute Gasteiger partial charge is 0.130 e. The number of allylic oxidation sites excluding steroid dienone is 1. The van der Waals surface area contributed by atoms with Gasteiger partial charge in [-0.15, -0.1) is 0 Å². The van der Waals surface area contributed by atoms with Crippen molar-refractivity contribution in [2.45, 2.75) is 39.0 Å². The Morgan fingerprint density at radius 2 is 1.71 bits per heavy atom. The van der Waals surface area contributed by atoms with Crippen molar-refractivity contribution < 1.29 is 8.78 Å². The summed E-state index contributed by atoms with van der Waals surface area (Å²) in [6.07, 6.45) is 4.59. The predicted octanol–water partition coefficient (Wildman–Crippen LogP) is 7.26. The van der Waals surface area contributed by atoms with E-state index in [9.17, 15) is 4.39 Å². The monoisotopic (exact) mass is 457 g/mol. The van der Waals surface area contributed by atoms with Crippen LogP contribution >= 0.6 is 0 Å². The zero-order chi connectivity index (χ0) is 23.5. The molecule has 1 fully saturated rings. The van der Waals surface area contributed by atoms with Gasteiger partial charge in [0.25, 0.3) is 0 Å². The molecule has 3 aromatic rings. The van der Waals surface area contributed by atoms with E-state index in [0.717, 1.165) is 67.6 Å². The molecule has 1 aliphatic carbocycles. The van der Waals surface area contributed by atoms with Crippen molar-refractivity contribution in [1.29, 1.82) is 0 Å². The summed E-state index contributed by atoms with van der Waals surface area (Å²) in [5, 5.41) is 0. The summed E-state index contributed by atoms with van der Waals surface area (Å²) in [5.41, 5.74) is 9.01.